The van der Waals surface area contributed by atoms with E-state index in [1.165, 1.54) is 11.5 Å². The number of hydrogen-bond donors (Lipinski definition) is 0. The lowest BCUT2D eigenvalue weighted by molar-refractivity contribution is 1.29. The van der Waals surface area contributed by atoms with Crippen LogP contribution in [0.1, 0.15) is 0 Å². The first-order valence-corrected chi connectivity index (χ1v) is 6.68. The molecule has 0 saturated heterocycles. The molecule has 0 amide bonds. The van der Waals surface area contributed by atoms with Crippen molar-refractivity contribution >= 4 is 39.9 Å². The van der Waals surface area contributed by atoms with Gasteiger partial charge in [-0.2, -0.15) is 9.36 Å². The maximum absolute atomic E-state index is 4.51. The molecular weight excluding hydrogens is 252 g/mol. The quantitative estimate of drug-likeness (QED) is 0.527. The zero-order chi connectivity index (χ0) is 11.2. The van der Waals surface area contributed by atoms with Gasteiger partial charge in [0.2, 0.25) is 5.78 Å². The predicted octanol–water partition coefficient (Wildman–Crippen LogP) is 3.07. The van der Waals surface area contributed by atoms with Crippen LogP contribution in [0.25, 0.3) is 27.5 Å². The molecule has 4 rings (SSSR count). The molecule has 4 aromatic rings. The van der Waals surface area contributed by atoms with E-state index in [1.54, 1.807) is 11.5 Å². The van der Waals surface area contributed by atoms with Crippen molar-refractivity contribution in [2.45, 2.75) is 0 Å². The van der Waals surface area contributed by atoms with Crippen LogP contribution in [0.5, 0.6) is 0 Å². The Labute approximate surface area is 105 Å². The number of imidazole rings is 1. The molecule has 0 N–H and O–H groups in total. The molecule has 0 spiro atoms. The molecule has 0 aliphatic rings. The third-order valence-corrected chi connectivity index (χ3v) is 4.11. The molecule has 3 aromatic heterocycles. The fourth-order valence-electron chi connectivity index (χ4n) is 1.78. The molecule has 6 heteroatoms. The van der Waals surface area contributed by atoms with Crippen molar-refractivity contribution in [2.75, 3.05) is 0 Å². The molecule has 3 heterocycles. The van der Waals surface area contributed by atoms with E-state index in [9.17, 15) is 0 Å². The summed E-state index contributed by atoms with van der Waals surface area (Å²) in [4.78, 5) is 8.99. The molecule has 1 aromatic carbocycles. The molecule has 0 saturated carbocycles. The molecule has 0 unspecified atom stereocenters. The van der Waals surface area contributed by atoms with Crippen molar-refractivity contribution in [3.8, 4) is 10.7 Å². The molecule has 82 valence electrons. The zero-order valence-corrected chi connectivity index (χ0v) is 10.2. The number of aromatic nitrogens is 4. The smallest absolute Gasteiger partial charge is 0.229 e. The Morgan fingerprint density at radius 1 is 1.06 bits per heavy atom. The summed E-state index contributed by atoms with van der Waals surface area (Å²) in [5, 5.41) is 2.87. The van der Waals surface area contributed by atoms with Gasteiger partial charge in [0.25, 0.3) is 0 Å². The van der Waals surface area contributed by atoms with Gasteiger partial charge in [0.1, 0.15) is 5.69 Å². The van der Waals surface area contributed by atoms with Crippen molar-refractivity contribution in [3.05, 3.63) is 35.7 Å². The van der Waals surface area contributed by atoms with Crippen LogP contribution in [-0.2, 0) is 0 Å². The van der Waals surface area contributed by atoms with Gasteiger partial charge in [-0.25, -0.2) is 8.77 Å². The zero-order valence-electron chi connectivity index (χ0n) is 8.57. The summed E-state index contributed by atoms with van der Waals surface area (Å²) in [5.74, 6) is 0.749. The van der Waals surface area contributed by atoms with E-state index in [1.807, 2.05) is 33.4 Å². The first-order valence-electron chi connectivity index (χ1n) is 5.07. The summed E-state index contributed by atoms with van der Waals surface area (Å²) in [6, 6.07) is 10.0. The highest BCUT2D eigenvalue weighted by Crippen LogP contribution is 2.26. The second kappa shape index (κ2) is 3.35. The van der Waals surface area contributed by atoms with Crippen LogP contribution in [0.3, 0.4) is 0 Å². The maximum Gasteiger partial charge on any atom is 0.246 e. The van der Waals surface area contributed by atoms with Gasteiger partial charge in [0, 0.05) is 5.38 Å². The van der Waals surface area contributed by atoms with Crippen molar-refractivity contribution < 1.29 is 0 Å². The van der Waals surface area contributed by atoms with Crippen LogP contribution >= 0.6 is 23.1 Å². The Kier molecular flexibility index (Phi) is 1.82. The average Bonchev–Trinajstić information content (AvgIpc) is 3.03. The summed E-state index contributed by atoms with van der Waals surface area (Å²) in [7, 11) is 0. The Bertz CT molecular complexity index is 797. The van der Waals surface area contributed by atoms with Gasteiger partial charge in [-0.05, 0) is 41.3 Å². The first-order chi connectivity index (χ1) is 8.42. The molecule has 0 atom stereocenters. The monoisotopic (exact) mass is 258 g/mol. The van der Waals surface area contributed by atoms with E-state index in [-0.39, 0.29) is 0 Å². The van der Waals surface area contributed by atoms with Crippen LogP contribution in [0.2, 0.25) is 0 Å². The Morgan fingerprint density at radius 3 is 2.88 bits per heavy atom. The Hall–Kier alpha value is -1.79. The van der Waals surface area contributed by atoms with E-state index >= 15 is 0 Å². The molecular formula is C11H6N4S2. The standard InChI is InChI=1S/C11H6N4S2/c1-2-4-9-7(3-1)12-11-13-10(17-15(9)11)8-5-6-16-14-8/h1-6H. The normalized spacial score (nSPS) is 11.5. The molecule has 0 aliphatic carbocycles. The molecule has 0 aliphatic heterocycles. The number of benzene rings is 1. The number of fused-ring (bicyclic) bond motifs is 3. The van der Waals surface area contributed by atoms with Crippen LogP contribution in [-0.4, -0.2) is 18.1 Å². The highest BCUT2D eigenvalue weighted by Gasteiger charge is 2.12. The van der Waals surface area contributed by atoms with Gasteiger partial charge in [-0.15, -0.1) is 0 Å². The van der Waals surface area contributed by atoms with E-state index < -0.39 is 0 Å². The lowest BCUT2D eigenvalue weighted by atomic mass is 10.3. The predicted molar refractivity (Wildman–Crippen MR) is 69.5 cm³/mol. The maximum atomic E-state index is 4.51. The Morgan fingerprint density at radius 2 is 2.00 bits per heavy atom. The van der Waals surface area contributed by atoms with E-state index in [0.717, 1.165) is 27.5 Å². The first kappa shape index (κ1) is 9.26. The third-order valence-electron chi connectivity index (χ3n) is 2.54. The summed E-state index contributed by atoms with van der Waals surface area (Å²) in [5.41, 5.74) is 3.01. The number of hydrogen-bond acceptors (Lipinski definition) is 5. The minimum absolute atomic E-state index is 0.749. The Balaban J connectivity index is 2.05. The van der Waals surface area contributed by atoms with Crippen LogP contribution in [0.4, 0.5) is 0 Å². The molecule has 0 fully saturated rings. The van der Waals surface area contributed by atoms with Crippen molar-refractivity contribution in [2.24, 2.45) is 0 Å². The number of nitrogens with zero attached hydrogens (tertiary/aromatic N) is 4. The van der Waals surface area contributed by atoms with Gasteiger partial charge < -0.3 is 0 Å². The third kappa shape index (κ3) is 1.31. The summed E-state index contributed by atoms with van der Waals surface area (Å²) < 4.78 is 6.34. The molecule has 4 nitrogen and oxygen atoms in total. The van der Waals surface area contributed by atoms with Crippen LogP contribution in [0.15, 0.2) is 35.7 Å². The molecule has 0 bridgehead atoms. The highest BCUT2D eigenvalue weighted by atomic mass is 32.1. The minimum Gasteiger partial charge on any atom is -0.229 e. The summed E-state index contributed by atoms with van der Waals surface area (Å²) in [6.07, 6.45) is 0. The average molecular weight is 258 g/mol. The molecule has 17 heavy (non-hydrogen) atoms. The lowest BCUT2D eigenvalue weighted by Crippen LogP contribution is -1.74. The summed E-state index contributed by atoms with van der Waals surface area (Å²) >= 11 is 3.02. The van der Waals surface area contributed by atoms with Crippen LogP contribution in [0, 0.1) is 0 Å². The second-order valence-corrected chi connectivity index (χ2v) is 5.19. The lowest BCUT2D eigenvalue weighted by Gasteiger charge is -1.87. The van der Waals surface area contributed by atoms with Gasteiger partial charge in [0.15, 0.2) is 5.01 Å². The fraction of sp³-hybridized carbons (Fsp3) is 0. The van der Waals surface area contributed by atoms with E-state index in [2.05, 4.69) is 20.4 Å². The SMILES string of the molecule is c1ccc2c(c1)nc1nc(-c3ccsn3)sn12. The topological polar surface area (TPSA) is 43.1 Å². The van der Waals surface area contributed by atoms with Crippen molar-refractivity contribution in [1.29, 1.82) is 0 Å². The van der Waals surface area contributed by atoms with Gasteiger partial charge in [0.05, 0.1) is 11.0 Å². The highest BCUT2D eigenvalue weighted by molar-refractivity contribution is 7.10. The summed E-state index contributed by atoms with van der Waals surface area (Å²) in [6.45, 7) is 0. The van der Waals surface area contributed by atoms with Crippen molar-refractivity contribution in [1.82, 2.24) is 18.1 Å². The van der Waals surface area contributed by atoms with Crippen LogP contribution < -0.4 is 0 Å². The van der Waals surface area contributed by atoms with Gasteiger partial charge in [-0.1, -0.05) is 12.1 Å². The van der Waals surface area contributed by atoms with Crippen molar-refractivity contribution in [3.63, 3.8) is 0 Å². The second-order valence-electron chi connectivity index (χ2n) is 3.59. The largest absolute Gasteiger partial charge is 0.246 e. The number of para-hydroxylation sites is 2. The molecule has 0 radical (unpaired) electrons. The fourth-order valence-corrected chi connectivity index (χ4v) is 3.26. The minimum atomic E-state index is 0.749. The van der Waals surface area contributed by atoms with Gasteiger partial charge in [-0.3, -0.25) is 0 Å². The van der Waals surface area contributed by atoms with E-state index in [4.69, 9.17) is 0 Å². The number of rotatable bonds is 1. The van der Waals surface area contributed by atoms with E-state index in [0.29, 0.717) is 0 Å². The van der Waals surface area contributed by atoms with Gasteiger partial charge >= 0.3 is 0 Å².